The highest BCUT2D eigenvalue weighted by Gasteiger charge is 2.34. The molecule has 104 valence electrons. The number of rotatable bonds is 0. The number of fused-ring (bicyclic) bond motifs is 4. The predicted molar refractivity (Wildman–Crippen MR) is 78.9 cm³/mol. The zero-order valence-corrected chi connectivity index (χ0v) is 11.8. The molecule has 4 rings (SSSR count). The van der Waals surface area contributed by atoms with E-state index in [1.807, 2.05) is 6.07 Å². The molecule has 0 amide bonds. The van der Waals surface area contributed by atoms with Crippen molar-refractivity contribution < 1.29 is 9.59 Å². The van der Waals surface area contributed by atoms with Gasteiger partial charge in [-0.3, -0.25) is 14.6 Å². The fraction of sp³-hybridized carbons (Fsp3) is 0.278. The minimum atomic E-state index is -0.0753. The fourth-order valence-corrected chi connectivity index (χ4v) is 3.56. The lowest BCUT2D eigenvalue weighted by Crippen LogP contribution is -2.25. The van der Waals surface area contributed by atoms with Gasteiger partial charge < -0.3 is 0 Å². The second-order valence-corrected chi connectivity index (χ2v) is 5.91. The van der Waals surface area contributed by atoms with Crippen molar-refractivity contribution in [2.75, 3.05) is 0 Å². The first-order valence-electron chi connectivity index (χ1n) is 7.38. The van der Waals surface area contributed by atoms with Gasteiger partial charge in [0.05, 0.1) is 5.56 Å². The summed E-state index contributed by atoms with van der Waals surface area (Å²) in [4.78, 5) is 30.0. The minimum Gasteiger partial charge on any atom is -0.289 e. The molecule has 0 spiro atoms. The molecule has 0 saturated carbocycles. The van der Waals surface area contributed by atoms with Crippen LogP contribution in [0.15, 0.2) is 30.5 Å². The average Bonchev–Trinajstić information content (AvgIpc) is 2.52. The van der Waals surface area contributed by atoms with Crippen LogP contribution in [-0.2, 0) is 6.42 Å². The van der Waals surface area contributed by atoms with E-state index in [9.17, 15) is 9.59 Å². The number of ketones is 2. The summed E-state index contributed by atoms with van der Waals surface area (Å²) in [6, 6.07) is 7.08. The summed E-state index contributed by atoms with van der Waals surface area (Å²) in [5.41, 5.74) is 4.11. The number of aromatic nitrogens is 1. The summed E-state index contributed by atoms with van der Waals surface area (Å²) in [6.45, 7) is 2.14. The van der Waals surface area contributed by atoms with Gasteiger partial charge in [0.15, 0.2) is 11.6 Å². The number of hydrogen-bond acceptors (Lipinski definition) is 3. The van der Waals surface area contributed by atoms with Gasteiger partial charge in [-0.15, -0.1) is 0 Å². The van der Waals surface area contributed by atoms with Gasteiger partial charge in [0.2, 0.25) is 0 Å². The van der Waals surface area contributed by atoms with Crippen molar-refractivity contribution in [2.45, 2.75) is 32.1 Å². The van der Waals surface area contributed by atoms with Gasteiger partial charge in [-0.2, -0.15) is 0 Å². The lowest BCUT2D eigenvalue weighted by molar-refractivity contribution is 0.0977. The van der Waals surface area contributed by atoms with Crippen molar-refractivity contribution in [3.8, 4) is 0 Å². The molecule has 1 aromatic heterocycles. The van der Waals surface area contributed by atoms with Crippen molar-refractivity contribution in [3.05, 3.63) is 64.0 Å². The number of carbonyl (C=O) groups excluding carboxylic acids is 2. The molecule has 1 aromatic carbocycles. The molecule has 3 nitrogen and oxygen atoms in total. The Morgan fingerprint density at radius 3 is 2.52 bits per heavy atom. The maximum atomic E-state index is 12.9. The van der Waals surface area contributed by atoms with Crippen LogP contribution in [0.3, 0.4) is 0 Å². The second kappa shape index (κ2) is 4.35. The van der Waals surface area contributed by atoms with E-state index in [4.69, 9.17) is 0 Å². The smallest absolute Gasteiger partial charge is 0.196 e. The van der Waals surface area contributed by atoms with E-state index in [2.05, 4.69) is 11.9 Å². The molecule has 0 bridgehead atoms. The SMILES string of the molecule is CC1CCCc2c1ncc1c2C(=O)c2ccccc2C1=O. The highest BCUT2D eigenvalue weighted by Crippen LogP contribution is 2.36. The van der Waals surface area contributed by atoms with E-state index in [-0.39, 0.29) is 11.6 Å². The van der Waals surface area contributed by atoms with Gasteiger partial charge in [-0.25, -0.2) is 0 Å². The first-order chi connectivity index (χ1) is 10.2. The van der Waals surface area contributed by atoms with Crippen molar-refractivity contribution >= 4 is 11.6 Å². The molecule has 0 aliphatic heterocycles. The number of benzene rings is 1. The van der Waals surface area contributed by atoms with Crippen LogP contribution < -0.4 is 0 Å². The van der Waals surface area contributed by atoms with E-state index < -0.39 is 0 Å². The van der Waals surface area contributed by atoms with E-state index in [1.54, 1.807) is 24.4 Å². The first-order valence-corrected chi connectivity index (χ1v) is 7.38. The summed E-state index contributed by atoms with van der Waals surface area (Å²) in [5.74, 6) is 0.265. The average molecular weight is 277 g/mol. The summed E-state index contributed by atoms with van der Waals surface area (Å²) >= 11 is 0. The summed E-state index contributed by atoms with van der Waals surface area (Å²) in [7, 11) is 0. The van der Waals surface area contributed by atoms with E-state index >= 15 is 0 Å². The first kappa shape index (κ1) is 12.5. The van der Waals surface area contributed by atoms with Crippen LogP contribution in [-0.4, -0.2) is 16.6 Å². The van der Waals surface area contributed by atoms with Crippen LogP contribution >= 0.6 is 0 Å². The summed E-state index contributed by atoms with van der Waals surface area (Å²) in [6.07, 6.45) is 4.59. The maximum absolute atomic E-state index is 12.9. The van der Waals surface area contributed by atoms with Crippen molar-refractivity contribution in [2.24, 2.45) is 0 Å². The zero-order valence-electron chi connectivity index (χ0n) is 11.8. The molecule has 0 fully saturated rings. The normalized spacial score (nSPS) is 19.8. The predicted octanol–water partition coefficient (Wildman–Crippen LogP) is 3.30. The van der Waals surface area contributed by atoms with E-state index in [1.165, 1.54) is 0 Å². The number of pyridine rings is 1. The third-order valence-electron chi connectivity index (χ3n) is 4.63. The zero-order chi connectivity index (χ0) is 14.6. The molecule has 3 heteroatoms. The molecule has 2 aliphatic carbocycles. The molecule has 0 N–H and O–H groups in total. The Morgan fingerprint density at radius 1 is 1.05 bits per heavy atom. The number of nitrogens with zero attached hydrogens (tertiary/aromatic N) is 1. The second-order valence-electron chi connectivity index (χ2n) is 5.91. The quantitative estimate of drug-likeness (QED) is 0.633. The largest absolute Gasteiger partial charge is 0.289 e. The lowest BCUT2D eigenvalue weighted by atomic mass is 9.77. The van der Waals surface area contributed by atoms with Crippen LogP contribution in [0.2, 0.25) is 0 Å². The topological polar surface area (TPSA) is 47.0 Å². The Labute approximate surface area is 123 Å². The monoisotopic (exact) mass is 277 g/mol. The molecule has 2 aliphatic rings. The van der Waals surface area contributed by atoms with Gasteiger partial charge in [-0.1, -0.05) is 31.2 Å². The highest BCUT2D eigenvalue weighted by atomic mass is 16.1. The standard InChI is InChI=1S/C18H15NO2/c1-10-5-4-8-13-15-14(9-19-16(10)13)17(20)11-6-2-3-7-12(11)18(15)21/h2-3,6-7,9-10H,4-5,8H2,1H3. The Morgan fingerprint density at radius 2 is 1.76 bits per heavy atom. The van der Waals surface area contributed by atoms with Crippen LogP contribution in [0, 0.1) is 0 Å². The minimum absolute atomic E-state index is 0.0204. The Hall–Kier alpha value is -2.29. The Kier molecular flexibility index (Phi) is 2.58. The van der Waals surface area contributed by atoms with Crippen LogP contribution in [0.5, 0.6) is 0 Å². The van der Waals surface area contributed by atoms with Crippen LogP contribution in [0.1, 0.15) is 68.8 Å². The molecule has 1 heterocycles. The van der Waals surface area contributed by atoms with E-state index in [0.717, 1.165) is 30.5 Å². The molecule has 21 heavy (non-hydrogen) atoms. The van der Waals surface area contributed by atoms with E-state index in [0.29, 0.717) is 28.2 Å². The maximum Gasteiger partial charge on any atom is 0.196 e. The molecule has 2 aromatic rings. The van der Waals surface area contributed by atoms with Gasteiger partial charge in [0.1, 0.15) is 0 Å². The van der Waals surface area contributed by atoms with Gasteiger partial charge >= 0.3 is 0 Å². The van der Waals surface area contributed by atoms with Gasteiger partial charge in [0.25, 0.3) is 0 Å². The van der Waals surface area contributed by atoms with Gasteiger partial charge in [-0.05, 0) is 30.7 Å². The summed E-state index contributed by atoms with van der Waals surface area (Å²) in [5, 5.41) is 0. The third kappa shape index (κ3) is 1.63. The number of hydrogen-bond donors (Lipinski definition) is 0. The molecule has 1 unspecified atom stereocenters. The van der Waals surface area contributed by atoms with Crippen molar-refractivity contribution in [1.82, 2.24) is 4.98 Å². The van der Waals surface area contributed by atoms with Crippen molar-refractivity contribution in [1.29, 1.82) is 0 Å². The molecular formula is C18H15NO2. The third-order valence-corrected chi connectivity index (χ3v) is 4.63. The number of carbonyl (C=O) groups is 2. The fourth-order valence-electron chi connectivity index (χ4n) is 3.56. The van der Waals surface area contributed by atoms with Crippen molar-refractivity contribution in [3.63, 3.8) is 0 Å². The Bertz CT molecular complexity index is 792. The summed E-state index contributed by atoms with van der Waals surface area (Å²) < 4.78 is 0. The Balaban J connectivity index is 2.01. The molecule has 0 radical (unpaired) electrons. The lowest BCUT2D eigenvalue weighted by Gasteiger charge is -2.27. The molecule has 1 atom stereocenters. The van der Waals surface area contributed by atoms with Gasteiger partial charge in [0, 0.05) is 28.6 Å². The molecular weight excluding hydrogens is 262 g/mol. The molecule has 0 saturated heterocycles. The van der Waals surface area contributed by atoms with Crippen LogP contribution in [0.4, 0.5) is 0 Å². The highest BCUT2D eigenvalue weighted by molar-refractivity contribution is 6.28. The van der Waals surface area contributed by atoms with Crippen LogP contribution in [0.25, 0.3) is 0 Å².